The molecule has 1 aliphatic rings. The van der Waals surface area contributed by atoms with E-state index in [1.807, 2.05) is 0 Å². The summed E-state index contributed by atoms with van der Waals surface area (Å²) < 4.78 is 32.1. The Balaban J connectivity index is 2.59. The Morgan fingerprint density at radius 1 is 1.29 bits per heavy atom. The molecule has 1 unspecified atom stereocenters. The molecule has 7 heavy (non-hydrogen) atoms. The van der Waals surface area contributed by atoms with Crippen LogP contribution in [-0.4, -0.2) is 9.16 Å². The van der Waals surface area contributed by atoms with E-state index in [1.54, 1.807) is 0 Å². The minimum Gasteiger partial charge on any atom is -0.211 e. The van der Waals surface area contributed by atoms with Crippen molar-refractivity contribution >= 4 is 27.7 Å². The van der Waals surface area contributed by atoms with Gasteiger partial charge < -0.3 is 0 Å². The minimum absolute atomic E-state index is 0.0324. The Hall–Kier alpha value is 0.620. The standard InChI is InChI=1S/C2BrF3S/c3-1(4)2(5,6)7-1. The molecule has 0 aromatic carbocycles. The maximum atomic E-state index is 11.7. The molecule has 0 aromatic rings. The fourth-order valence-electron chi connectivity index (χ4n) is 0.135. The first kappa shape index (κ1) is 5.75. The van der Waals surface area contributed by atoms with Gasteiger partial charge in [0.2, 0.25) is 0 Å². The normalized spacial score (nSPS) is 46.3. The van der Waals surface area contributed by atoms with Crippen LogP contribution in [0.2, 0.25) is 0 Å². The largest absolute Gasteiger partial charge is 0.350 e. The molecule has 42 valence electrons. The second-order valence-corrected chi connectivity index (χ2v) is 4.03. The molecule has 0 N–H and O–H groups in total. The Labute approximate surface area is 50.6 Å². The molecule has 0 saturated carbocycles. The average molecular weight is 193 g/mol. The van der Waals surface area contributed by atoms with Crippen molar-refractivity contribution in [1.82, 2.24) is 0 Å². The van der Waals surface area contributed by atoms with Crippen LogP contribution < -0.4 is 0 Å². The highest BCUT2D eigenvalue weighted by molar-refractivity contribution is 9.12. The summed E-state index contributed by atoms with van der Waals surface area (Å²) in [5, 5.41) is -3.19. The van der Waals surface area contributed by atoms with Crippen LogP contribution >= 0.6 is 27.7 Å². The van der Waals surface area contributed by atoms with E-state index in [4.69, 9.17) is 0 Å². The molecule has 5 heteroatoms. The van der Waals surface area contributed by atoms with Gasteiger partial charge in [-0.15, -0.1) is 0 Å². The number of hydrogen-bond donors (Lipinski definition) is 0. The summed E-state index contributed by atoms with van der Waals surface area (Å²) in [5.41, 5.74) is 0. The average Bonchev–Trinajstić information content (AvgIpc) is 1.63. The van der Waals surface area contributed by atoms with Crippen LogP contribution in [-0.2, 0) is 0 Å². The lowest BCUT2D eigenvalue weighted by atomic mass is 10.8. The minimum atomic E-state index is -3.19. The lowest BCUT2D eigenvalue weighted by Crippen LogP contribution is -2.00. The lowest BCUT2D eigenvalue weighted by Gasteiger charge is -1.86. The molecule has 0 spiro atoms. The zero-order valence-corrected chi connectivity index (χ0v) is 5.32. The summed E-state index contributed by atoms with van der Waals surface area (Å²) >= 11 is 2.12. The zero-order chi connectivity index (χ0) is 5.71. The van der Waals surface area contributed by atoms with E-state index in [0.29, 0.717) is 0 Å². The summed E-state index contributed by atoms with van der Waals surface area (Å²) in [4.78, 5) is 0. The van der Waals surface area contributed by atoms with Crippen LogP contribution in [0.4, 0.5) is 13.2 Å². The van der Waals surface area contributed by atoms with E-state index >= 15 is 0 Å². The van der Waals surface area contributed by atoms with E-state index in [-0.39, 0.29) is 11.8 Å². The van der Waals surface area contributed by atoms with Crippen molar-refractivity contribution < 1.29 is 13.2 Å². The van der Waals surface area contributed by atoms with Gasteiger partial charge in [0.1, 0.15) is 0 Å². The van der Waals surface area contributed by atoms with Gasteiger partial charge in [-0.25, -0.2) is 4.39 Å². The summed E-state index contributed by atoms with van der Waals surface area (Å²) in [6.07, 6.45) is 0. The van der Waals surface area contributed by atoms with E-state index in [2.05, 4.69) is 15.9 Å². The second-order valence-electron chi connectivity index (χ2n) is 1.14. The third kappa shape index (κ3) is 0.762. The van der Waals surface area contributed by atoms with Gasteiger partial charge in [0.05, 0.1) is 0 Å². The molecule has 0 nitrogen and oxygen atoms in total. The number of thioether (sulfide) groups is 1. The SMILES string of the molecule is FC1(F)SC1(F)Br. The Morgan fingerprint density at radius 3 is 1.43 bits per heavy atom. The molecule has 1 rings (SSSR count). The summed E-state index contributed by atoms with van der Waals surface area (Å²) in [6.45, 7) is 0. The molecule has 1 fully saturated rings. The predicted octanol–water partition coefficient (Wildman–Crippen LogP) is 2.34. The monoisotopic (exact) mass is 192 g/mol. The predicted molar refractivity (Wildman–Crippen MR) is 25.3 cm³/mol. The van der Waals surface area contributed by atoms with Crippen LogP contribution in [0, 0.1) is 0 Å². The van der Waals surface area contributed by atoms with Crippen LogP contribution in [0.1, 0.15) is 0 Å². The van der Waals surface area contributed by atoms with Gasteiger partial charge in [0.25, 0.3) is 3.91 Å². The molecule has 1 saturated heterocycles. The molecular formula is C2BrF3S. The number of halogens is 4. The van der Waals surface area contributed by atoms with E-state index in [0.717, 1.165) is 0 Å². The lowest BCUT2D eigenvalue weighted by molar-refractivity contribution is 0.0939. The summed E-state index contributed by atoms with van der Waals surface area (Å²) in [7, 11) is 0. The van der Waals surface area contributed by atoms with Crippen molar-refractivity contribution in [3.8, 4) is 0 Å². The smallest absolute Gasteiger partial charge is 0.211 e. The van der Waals surface area contributed by atoms with Crippen molar-refractivity contribution in [2.75, 3.05) is 0 Å². The van der Waals surface area contributed by atoms with Gasteiger partial charge in [0.15, 0.2) is 0 Å². The first-order valence-electron chi connectivity index (χ1n) is 1.41. The molecule has 0 bridgehead atoms. The van der Waals surface area contributed by atoms with Crippen molar-refractivity contribution in [3.05, 3.63) is 0 Å². The molecular weight excluding hydrogens is 193 g/mol. The van der Waals surface area contributed by atoms with Crippen LogP contribution in [0.25, 0.3) is 0 Å². The third-order valence-corrected chi connectivity index (χ3v) is 2.65. The Morgan fingerprint density at radius 2 is 1.43 bits per heavy atom. The van der Waals surface area contributed by atoms with Crippen molar-refractivity contribution in [2.45, 2.75) is 9.16 Å². The van der Waals surface area contributed by atoms with Crippen molar-refractivity contribution in [2.24, 2.45) is 0 Å². The van der Waals surface area contributed by atoms with Gasteiger partial charge in [-0.1, -0.05) is 0 Å². The van der Waals surface area contributed by atoms with Gasteiger partial charge in [-0.2, -0.15) is 8.78 Å². The Kier molecular flexibility index (Phi) is 0.926. The first-order chi connectivity index (χ1) is 2.96. The second kappa shape index (κ2) is 1.13. The molecule has 1 aliphatic heterocycles. The zero-order valence-electron chi connectivity index (χ0n) is 2.92. The topological polar surface area (TPSA) is 0 Å². The molecule has 1 heterocycles. The fourth-order valence-corrected chi connectivity index (χ4v) is 1.02. The van der Waals surface area contributed by atoms with Gasteiger partial charge in [0, 0.05) is 0 Å². The number of rotatable bonds is 0. The van der Waals surface area contributed by atoms with Gasteiger partial charge in [-0.3, -0.25) is 0 Å². The van der Waals surface area contributed by atoms with Crippen LogP contribution in [0.5, 0.6) is 0 Å². The highest BCUT2D eigenvalue weighted by Crippen LogP contribution is 2.70. The molecule has 0 radical (unpaired) electrons. The Bertz CT molecular complexity index is 89.1. The molecule has 1 atom stereocenters. The van der Waals surface area contributed by atoms with Crippen molar-refractivity contribution in [1.29, 1.82) is 0 Å². The quantitative estimate of drug-likeness (QED) is 0.420. The van der Waals surface area contributed by atoms with Gasteiger partial charge >= 0.3 is 5.25 Å². The van der Waals surface area contributed by atoms with Gasteiger partial charge in [-0.05, 0) is 27.7 Å². The molecule has 0 aliphatic carbocycles. The summed E-state index contributed by atoms with van der Waals surface area (Å²) in [6, 6.07) is 0. The van der Waals surface area contributed by atoms with E-state index in [1.165, 1.54) is 0 Å². The molecule has 0 aromatic heterocycles. The number of hydrogen-bond acceptors (Lipinski definition) is 1. The van der Waals surface area contributed by atoms with E-state index < -0.39 is 9.16 Å². The van der Waals surface area contributed by atoms with Crippen LogP contribution in [0.15, 0.2) is 0 Å². The highest BCUT2D eigenvalue weighted by atomic mass is 79.9. The van der Waals surface area contributed by atoms with E-state index in [9.17, 15) is 13.2 Å². The fraction of sp³-hybridized carbons (Fsp3) is 1.00. The highest BCUT2D eigenvalue weighted by Gasteiger charge is 2.74. The first-order valence-corrected chi connectivity index (χ1v) is 3.02. The van der Waals surface area contributed by atoms with Crippen molar-refractivity contribution in [3.63, 3.8) is 0 Å². The third-order valence-electron chi connectivity index (χ3n) is 0.554. The summed E-state index contributed by atoms with van der Waals surface area (Å²) in [5.74, 6) is 0. The maximum absolute atomic E-state index is 11.7. The van der Waals surface area contributed by atoms with Crippen LogP contribution in [0.3, 0.4) is 0 Å². The molecule has 0 amide bonds. The number of alkyl halides is 4. The maximum Gasteiger partial charge on any atom is 0.350 e.